The lowest BCUT2D eigenvalue weighted by Crippen LogP contribution is -2.32. The Morgan fingerprint density at radius 1 is 0.706 bits per heavy atom. The Morgan fingerprint density at radius 2 is 1.12 bits per heavy atom. The van der Waals surface area contributed by atoms with Gasteiger partial charge in [0.05, 0.1) is 11.0 Å². The first kappa shape index (κ1) is 21.3. The van der Waals surface area contributed by atoms with Gasteiger partial charge in [-0.1, -0.05) is 24.3 Å². The molecule has 10 nitrogen and oxygen atoms in total. The molecule has 34 heavy (non-hydrogen) atoms. The summed E-state index contributed by atoms with van der Waals surface area (Å²) in [6, 6.07) is 9.92. The first-order valence-electron chi connectivity index (χ1n) is 10.8. The van der Waals surface area contributed by atoms with Gasteiger partial charge in [-0.3, -0.25) is 18.9 Å². The fraction of sp³-hybridized carbons (Fsp3) is 0.167. The number of Topliss-reactive ketones (excluding diaryl/α,β-unsaturated/α-hetero) is 2. The molecule has 170 valence electrons. The summed E-state index contributed by atoms with van der Waals surface area (Å²) in [6.07, 6.45) is 9.85. The van der Waals surface area contributed by atoms with Crippen LogP contribution in [0, 0.1) is 0 Å². The summed E-state index contributed by atoms with van der Waals surface area (Å²) in [6.45, 7) is 3.53. The number of hydrogen-bond donors (Lipinski definition) is 2. The van der Waals surface area contributed by atoms with Crippen molar-refractivity contribution in [2.45, 2.75) is 25.9 Å². The van der Waals surface area contributed by atoms with E-state index in [2.05, 4.69) is 30.8 Å². The fourth-order valence-electron chi connectivity index (χ4n) is 3.72. The SMILES string of the molecule is C[C@H](Nn1ccnc1)C(=O)c1ccc2ccc3ccc(C(=O)[C@H](C)Nn4ccnc4)nc3c2n1. The Morgan fingerprint density at radius 3 is 1.50 bits per heavy atom. The van der Waals surface area contributed by atoms with E-state index in [1.54, 1.807) is 72.8 Å². The maximum Gasteiger partial charge on any atom is 0.204 e. The Balaban J connectivity index is 1.48. The van der Waals surface area contributed by atoms with Crippen LogP contribution in [0.3, 0.4) is 0 Å². The summed E-state index contributed by atoms with van der Waals surface area (Å²) in [5, 5.41) is 1.67. The normalized spacial score (nSPS) is 13.0. The van der Waals surface area contributed by atoms with Crippen LogP contribution in [-0.4, -0.2) is 52.9 Å². The Kier molecular flexibility index (Phi) is 5.46. The topological polar surface area (TPSA) is 120 Å². The number of pyridine rings is 2. The molecule has 4 heterocycles. The Hall–Kier alpha value is -4.60. The second-order valence-corrected chi connectivity index (χ2v) is 7.97. The highest BCUT2D eigenvalue weighted by Crippen LogP contribution is 2.24. The van der Waals surface area contributed by atoms with Crippen LogP contribution in [0.4, 0.5) is 0 Å². The van der Waals surface area contributed by atoms with Crippen molar-refractivity contribution in [3.8, 4) is 0 Å². The molecule has 0 bridgehead atoms. The summed E-state index contributed by atoms with van der Waals surface area (Å²) in [5.74, 6) is -0.337. The number of nitrogens with zero attached hydrogens (tertiary/aromatic N) is 6. The van der Waals surface area contributed by atoms with Gasteiger partial charge in [0, 0.05) is 35.6 Å². The summed E-state index contributed by atoms with van der Waals surface area (Å²) in [4.78, 5) is 43.3. The third-order valence-corrected chi connectivity index (χ3v) is 5.51. The lowest BCUT2D eigenvalue weighted by molar-refractivity contribution is 0.0959. The molecular weight excluding hydrogens is 432 g/mol. The average Bonchev–Trinajstić information content (AvgIpc) is 3.56. The minimum Gasteiger partial charge on any atom is -0.314 e. The fourth-order valence-corrected chi connectivity index (χ4v) is 3.72. The number of benzene rings is 1. The van der Waals surface area contributed by atoms with Crippen molar-refractivity contribution in [3.63, 3.8) is 0 Å². The number of hydrogen-bond acceptors (Lipinski definition) is 8. The van der Waals surface area contributed by atoms with Gasteiger partial charge in [-0.2, -0.15) is 0 Å². The number of rotatable bonds is 8. The van der Waals surface area contributed by atoms with Gasteiger partial charge in [-0.05, 0) is 26.0 Å². The van der Waals surface area contributed by atoms with Crippen LogP contribution in [0.1, 0.15) is 34.8 Å². The number of carbonyl (C=O) groups is 2. The number of imidazole rings is 2. The largest absolute Gasteiger partial charge is 0.314 e. The first-order chi connectivity index (χ1) is 16.5. The molecule has 5 aromatic rings. The highest BCUT2D eigenvalue weighted by Gasteiger charge is 2.20. The highest BCUT2D eigenvalue weighted by atomic mass is 16.1. The van der Waals surface area contributed by atoms with Crippen molar-refractivity contribution >= 4 is 33.4 Å². The molecule has 5 rings (SSSR count). The van der Waals surface area contributed by atoms with Crippen LogP contribution in [0.5, 0.6) is 0 Å². The van der Waals surface area contributed by atoms with Gasteiger partial charge in [0.1, 0.15) is 36.1 Å². The zero-order chi connectivity index (χ0) is 23.7. The van der Waals surface area contributed by atoms with Crippen molar-refractivity contribution in [2.75, 3.05) is 10.9 Å². The van der Waals surface area contributed by atoms with Gasteiger partial charge in [0.2, 0.25) is 11.6 Å². The third-order valence-electron chi connectivity index (χ3n) is 5.51. The standard InChI is InChI=1S/C24H22N8O2/c1-15(29-31-11-9-25-13-31)23(33)19-7-5-17-3-4-18-6-8-20(28-22(18)21(17)27-19)24(34)16(2)30-32-12-10-26-14-32/h3-16,29-30H,1-2H3/t15-,16-/m0/s1. The van der Waals surface area contributed by atoms with E-state index in [9.17, 15) is 9.59 Å². The second-order valence-electron chi connectivity index (χ2n) is 7.97. The van der Waals surface area contributed by atoms with Crippen molar-refractivity contribution in [1.82, 2.24) is 29.3 Å². The molecule has 0 saturated carbocycles. The van der Waals surface area contributed by atoms with Gasteiger partial charge in [-0.15, -0.1) is 0 Å². The van der Waals surface area contributed by atoms with E-state index < -0.39 is 12.1 Å². The number of ketones is 2. The van der Waals surface area contributed by atoms with Crippen LogP contribution < -0.4 is 10.9 Å². The predicted octanol–water partition coefficient (Wildman–Crippen LogP) is 2.81. The zero-order valence-electron chi connectivity index (χ0n) is 18.6. The number of aromatic nitrogens is 6. The maximum atomic E-state index is 13.0. The lowest BCUT2D eigenvalue weighted by Gasteiger charge is -2.15. The highest BCUT2D eigenvalue weighted by molar-refractivity contribution is 6.08. The van der Waals surface area contributed by atoms with Gasteiger partial charge in [0.15, 0.2) is 0 Å². The summed E-state index contributed by atoms with van der Waals surface area (Å²) < 4.78 is 3.24. The van der Waals surface area contributed by atoms with Crippen molar-refractivity contribution in [3.05, 3.63) is 85.2 Å². The van der Waals surface area contributed by atoms with E-state index in [4.69, 9.17) is 0 Å². The van der Waals surface area contributed by atoms with Crippen LogP contribution in [-0.2, 0) is 0 Å². The van der Waals surface area contributed by atoms with E-state index >= 15 is 0 Å². The molecule has 1 aromatic carbocycles. The summed E-state index contributed by atoms with van der Waals surface area (Å²) >= 11 is 0. The van der Waals surface area contributed by atoms with E-state index in [1.165, 1.54) is 0 Å². The molecule has 10 heteroatoms. The maximum absolute atomic E-state index is 13.0. The molecule has 0 saturated heterocycles. The monoisotopic (exact) mass is 454 g/mol. The number of fused-ring (bicyclic) bond motifs is 3. The summed E-state index contributed by atoms with van der Waals surface area (Å²) in [7, 11) is 0. The van der Waals surface area contributed by atoms with Crippen LogP contribution >= 0.6 is 0 Å². The van der Waals surface area contributed by atoms with Gasteiger partial charge in [-0.25, -0.2) is 19.9 Å². The van der Waals surface area contributed by atoms with E-state index in [-0.39, 0.29) is 11.6 Å². The van der Waals surface area contributed by atoms with Crippen molar-refractivity contribution < 1.29 is 9.59 Å². The molecule has 0 unspecified atom stereocenters. The minimum atomic E-state index is -0.519. The molecule has 0 fully saturated rings. The van der Waals surface area contributed by atoms with Crippen LogP contribution in [0.25, 0.3) is 21.8 Å². The van der Waals surface area contributed by atoms with E-state index in [1.807, 2.05) is 24.3 Å². The molecule has 2 atom stereocenters. The van der Waals surface area contributed by atoms with Crippen molar-refractivity contribution in [2.24, 2.45) is 0 Å². The van der Waals surface area contributed by atoms with E-state index in [0.717, 1.165) is 10.8 Å². The minimum absolute atomic E-state index is 0.169. The smallest absolute Gasteiger partial charge is 0.204 e. The molecule has 0 aliphatic heterocycles. The van der Waals surface area contributed by atoms with Gasteiger partial charge in [0.25, 0.3) is 0 Å². The number of nitrogens with one attached hydrogen (secondary N) is 2. The molecule has 0 spiro atoms. The molecule has 4 aromatic heterocycles. The molecule has 2 N–H and O–H groups in total. The molecule has 0 radical (unpaired) electrons. The Bertz CT molecular complexity index is 1370. The predicted molar refractivity (Wildman–Crippen MR) is 128 cm³/mol. The van der Waals surface area contributed by atoms with E-state index in [0.29, 0.717) is 22.4 Å². The second kappa shape index (κ2) is 8.74. The lowest BCUT2D eigenvalue weighted by atomic mass is 10.1. The third kappa shape index (κ3) is 4.08. The van der Waals surface area contributed by atoms with Crippen LogP contribution in [0.15, 0.2) is 73.8 Å². The number of carbonyl (C=O) groups excluding carboxylic acids is 2. The van der Waals surface area contributed by atoms with Crippen molar-refractivity contribution in [1.29, 1.82) is 0 Å². The Labute approximate surface area is 194 Å². The molecule has 0 aliphatic carbocycles. The molecule has 0 amide bonds. The van der Waals surface area contributed by atoms with Gasteiger partial charge >= 0.3 is 0 Å². The van der Waals surface area contributed by atoms with Crippen LogP contribution in [0.2, 0.25) is 0 Å². The zero-order valence-corrected chi connectivity index (χ0v) is 18.6. The molecular formula is C24H22N8O2. The first-order valence-corrected chi connectivity index (χ1v) is 10.8. The average molecular weight is 454 g/mol. The quantitative estimate of drug-likeness (QED) is 0.271. The summed E-state index contributed by atoms with van der Waals surface area (Å²) in [5.41, 5.74) is 7.87. The van der Waals surface area contributed by atoms with Gasteiger partial charge < -0.3 is 10.9 Å². The molecule has 0 aliphatic rings.